The average Bonchev–Trinajstić information content (AvgIpc) is 2.37. The number of unbranched alkanes of at least 4 members (excludes halogenated alkanes) is 5. The maximum absolute atomic E-state index is 11.9. The van der Waals surface area contributed by atoms with Crippen LogP contribution in [0.1, 0.15) is 55.8 Å². The largest absolute Gasteiger partial charge is 0.399 e. The van der Waals surface area contributed by atoms with Crippen molar-refractivity contribution in [1.82, 2.24) is 5.32 Å². The lowest BCUT2D eigenvalue weighted by Gasteiger charge is -2.08. The molecule has 1 aromatic rings. The fourth-order valence-electron chi connectivity index (χ4n) is 1.99. The van der Waals surface area contributed by atoms with Crippen LogP contribution in [0, 0.1) is 0 Å². The maximum Gasteiger partial charge on any atom is 0.253 e. The van der Waals surface area contributed by atoms with Crippen molar-refractivity contribution >= 4 is 17.3 Å². The van der Waals surface area contributed by atoms with E-state index in [9.17, 15) is 4.79 Å². The van der Waals surface area contributed by atoms with Gasteiger partial charge in [0, 0.05) is 17.9 Å². The monoisotopic (exact) mass is 263 g/mol. The summed E-state index contributed by atoms with van der Waals surface area (Å²) in [5.41, 5.74) is 12.9. The average molecular weight is 263 g/mol. The van der Waals surface area contributed by atoms with Crippen molar-refractivity contribution < 1.29 is 4.79 Å². The highest BCUT2D eigenvalue weighted by atomic mass is 16.1. The van der Waals surface area contributed by atoms with Crippen LogP contribution >= 0.6 is 0 Å². The number of hydrogen-bond acceptors (Lipinski definition) is 3. The number of amides is 1. The number of hydrogen-bond donors (Lipinski definition) is 3. The molecule has 1 amide bonds. The van der Waals surface area contributed by atoms with Crippen LogP contribution in [0.4, 0.5) is 11.4 Å². The van der Waals surface area contributed by atoms with Gasteiger partial charge < -0.3 is 16.8 Å². The van der Waals surface area contributed by atoms with Crippen molar-refractivity contribution in [2.45, 2.75) is 45.4 Å². The molecule has 0 unspecified atom stereocenters. The third-order valence-corrected chi connectivity index (χ3v) is 3.14. The molecule has 0 saturated carbocycles. The highest BCUT2D eigenvalue weighted by Gasteiger charge is 2.08. The van der Waals surface area contributed by atoms with E-state index in [0.29, 0.717) is 23.5 Å². The van der Waals surface area contributed by atoms with Crippen LogP contribution < -0.4 is 16.8 Å². The first-order chi connectivity index (χ1) is 9.15. The van der Waals surface area contributed by atoms with Gasteiger partial charge in [0.25, 0.3) is 5.91 Å². The lowest BCUT2D eigenvalue weighted by Crippen LogP contribution is -2.25. The molecular formula is C15H25N3O. The van der Waals surface area contributed by atoms with Crippen LogP contribution in [0.25, 0.3) is 0 Å². The zero-order valence-corrected chi connectivity index (χ0v) is 11.7. The van der Waals surface area contributed by atoms with Gasteiger partial charge in [0.1, 0.15) is 0 Å². The fraction of sp³-hybridized carbons (Fsp3) is 0.533. The van der Waals surface area contributed by atoms with Gasteiger partial charge in [0.05, 0.1) is 5.56 Å². The van der Waals surface area contributed by atoms with Crippen LogP contribution in [0.5, 0.6) is 0 Å². The summed E-state index contributed by atoms with van der Waals surface area (Å²) >= 11 is 0. The Balaban J connectivity index is 2.24. The predicted molar refractivity (Wildman–Crippen MR) is 81.0 cm³/mol. The molecule has 19 heavy (non-hydrogen) atoms. The highest BCUT2D eigenvalue weighted by Crippen LogP contribution is 2.15. The van der Waals surface area contributed by atoms with Gasteiger partial charge in [0.2, 0.25) is 0 Å². The first-order valence-corrected chi connectivity index (χ1v) is 7.08. The molecule has 0 radical (unpaired) electrons. The van der Waals surface area contributed by atoms with Gasteiger partial charge in [0.15, 0.2) is 0 Å². The van der Waals surface area contributed by atoms with Crippen LogP contribution in [0.2, 0.25) is 0 Å². The quantitative estimate of drug-likeness (QED) is 0.498. The Bertz CT molecular complexity index is 404. The zero-order chi connectivity index (χ0) is 14.1. The van der Waals surface area contributed by atoms with E-state index < -0.39 is 0 Å². The smallest absolute Gasteiger partial charge is 0.253 e. The topological polar surface area (TPSA) is 81.1 Å². The SMILES string of the molecule is CCCCCCCCNC(=O)c1ccc(N)cc1N. The second kappa shape index (κ2) is 8.40. The number of benzene rings is 1. The van der Waals surface area contributed by atoms with Crippen molar-refractivity contribution in [3.05, 3.63) is 23.8 Å². The van der Waals surface area contributed by atoms with Gasteiger partial charge in [-0.05, 0) is 24.6 Å². The van der Waals surface area contributed by atoms with Gasteiger partial charge in [-0.15, -0.1) is 0 Å². The van der Waals surface area contributed by atoms with Crippen molar-refractivity contribution in [2.75, 3.05) is 18.0 Å². The number of anilines is 2. The summed E-state index contributed by atoms with van der Waals surface area (Å²) in [4.78, 5) is 11.9. The van der Waals surface area contributed by atoms with Crippen LogP contribution in [0.3, 0.4) is 0 Å². The van der Waals surface area contributed by atoms with Gasteiger partial charge in [-0.25, -0.2) is 0 Å². The molecule has 0 spiro atoms. The number of nitrogens with two attached hydrogens (primary N) is 2. The summed E-state index contributed by atoms with van der Waals surface area (Å²) in [5.74, 6) is -0.119. The molecule has 5 N–H and O–H groups in total. The fourth-order valence-corrected chi connectivity index (χ4v) is 1.99. The molecule has 0 heterocycles. The second-order valence-corrected chi connectivity index (χ2v) is 4.87. The van der Waals surface area contributed by atoms with E-state index in [1.807, 2.05) is 0 Å². The molecular weight excluding hydrogens is 238 g/mol. The molecule has 0 bridgehead atoms. The maximum atomic E-state index is 11.9. The minimum absolute atomic E-state index is 0.119. The normalized spacial score (nSPS) is 10.4. The molecule has 0 aromatic heterocycles. The predicted octanol–water partition coefficient (Wildman–Crippen LogP) is 2.94. The van der Waals surface area contributed by atoms with E-state index in [0.717, 1.165) is 12.8 Å². The van der Waals surface area contributed by atoms with E-state index in [4.69, 9.17) is 11.5 Å². The van der Waals surface area contributed by atoms with E-state index >= 15 is 0 Å². The lowest BCUT2D eigenvalue weighted by atomic mass is 10.1. The van der Waals surface area contributed by atoms with Gasteiger partial charge >= 0.3 is 0 Å². The summed E-state index contributed by atoms with van der Waals surface area (Å²) in [6.07, 6.45) is 7.27. The Morgan fingerprint density at radius 3 is 2.47 bits per heavy atom. The zero-order valence-electron chi connectivity index (χ0n) is 11.7. The minimum atomic E-state index is -0.119. The Morgan fingerprint density at radius 2 is 1.79 bits per heavy atom. The Hall–Kier alpha value is -1.71. The third-order valence-electron chi connectivity index (χ3n) is 3.14. The number of nitrogens with one attached hydrogen (secondary N) is 1. The van der Waals surface area contributed by atoms with Crippen molar-refractivity contribution in [1.29, 1.82) is 0 Å². The number of carbonyl (C=O) groups is 1. The number of carbonyl (C=O) groups excluding carboxylic acids is 1. The lowest BCUT2D eigenvalue weighted by molar-refractivity contribution is 0.0954. The Morgan fingerprint density at radius 1 is 1.11 bits per heavy atom. The first kappa shape index (κ1) is 15.3. The van der Waals surface area contributed by atoms with Crippen molar-refractivity contribution in [2.24, 2.45) is 0 Å². The van der Waals surface area contributed by atoms with Crippen LogP contribution in [-0.4, -0.2) is 12.5 Å². The number of nitrogen functional groups attached to an aromatic ring is 2. The molecule has 0 aliphatic carbocycles. The van der Waals surface area contributed by atoms with Crippen molar-refractivity contribution in [3.63, 3.8) is 0 Å². The molecule has 0 atom stereocenters. The van der Waals surface area contributed by atoms with Crippen molar-refractivity contribution in [3.8, 4) is 0 Å². The second-order valence-electron chi connectivity index (χ2n) is 4.87. The Labute approximate surface area is 115 Å². The van der Waals surface area contributed by atoms with Gasteiger partial charge in [-0.2, -0.15) is 0 Å². The molecule has 1 rings (SSSR count). The molecule has 1 aromatic carbocycles. The first-order valence-electron chi connectivity index (χ1n) is 7.08. The van der Waals surface area contributed by atoms with Gasteiger partial charge in [-0.3, -0.25) is 4.79 Å². The van der Waals surface area contributed by atoms with E-state index in [1.54, 1.807) is 18.2 Å². The molecule has 0 fully saturated rings. The standard InChI is InChI=1S/C15H25N3O/c1-2-3-4-5-6-7-10-18-15(19)13-9-8-12(16)11-14(13)17/h8-9,11H,2-7,10,16-17H2,1H3,(H,18,19). The van der Waals surface area contributed by atoms with Gasteiger partial charge in [-0.1, -0.05) is 39.0 Å². The van der Waals surface area contributed by atoms with E-state index in [2.05, 4.69) is 12.2 Å². The molecule has 0 saturated heterocycles. The van der Waals surface area contributed by atoms with Crippen LogP contribution in [0.15, 0.2) is 18.2 Å². The van der Waals surface area contributed by atoms with E-state index in [-0.39, 0.29) is 5.91 Å². The molecule has 4 nitrogen and oxygen atoms in total. The Kier molecular flexibility index (Phi) is 6.79. The number of rotatable bonds is 8. The highest BCUT2D eigenvalue weighted by molar-refractivity contribution is 5.99. The van der Waals surface area contributed by atoms with E-state index in [1.165, 1.54) is 25.7 Å². The molecule has 0 aliphatic rings. The summed E-state index contributed by atoms with van der Waals surface area (Å²) in [7, 11) is 0. The molecule has 4 heteroatoms. The summed E-state index contributed by atoms with van der Waals surface area (Å²) in [5, 5.41) is 2.89. The molecule has 106 valence electrons. The minimum Gasteiger partial charge on any atom is -0.399 e. The summed E-state index contributed by atoms with van der Waals surface area (Å²) in [6, 6.07) is 4.97. The summed E-state index contributed by atoms with van der Waals surface area (Å²) < 4.78 is 0. The third kappa shape index (κ3) is 5.64. The summed E-state index contributed by atoms with van der Waals surface area (Å²) in [6.45, 7) is 2.91. The van der Waals surface area contributed by atoms with Crippen LogP contribution in [-0.2, 0) is 0 Å². The molecule has 0 aliphatic heterocycles.